The zero-order chi connectivity index (χ0) is 49.2. The van der Waals surface area contributed by atoms with E-state index in [1.165, 1.54) is 0 Å². The van der Waals surface area contributed by atoms with Gasteiger partial charge < -0.3 is 45.8 Å². The number of nitrogens with zero attached hydrogens (tertiary/aromatic N) is 4. The van der Waals surface area contributed by atoms with Gasteiger partial charge in [-0.05, 0) is 105 Å². The van der Waals surface area contributed by atoms with Crippen molar-refractivity contribution >= 4 is 80.5 Å². The van der Waals surface area contributed by atoms with Gasteiger partial charge >= 0.3 is 0 Å². The minimum atomic E-state index is -1.18. The van der Waals surface area contributed by atoms with Crippen LogP contribution in [0.4, 0.5) is 0 Å². The third-order valence-corrected chi connectivity index (χ3v) is 15.3. The van der Waals surface area contributed by atoms with Crippen LogP contribution in [0.15, 0.2) is 42.5 Å². The maximum Gasteiger partial charge on any atom is 0.271 e. The first-order chi connectivity index (χ1) is 33.0. The molecule has 4 fully saturated rings. The SMILES string of the molecule is COc1cccc2[nH]c(C(=O)N3CC4(CCC4)CC3C(=O)NC(C#N)CC3CCCN(CC(C)(C)C[C@H](NC(=O)c4cc5ccc(Cl)c(Cl)c5[nH]4)C(=O)N[C@H](C#N)C[C@@H]4CCCNC4=O)C3=O)cc12. The molecule has 0 bridgehead atoms. The van der Waals surface area contributed by atoms with Crippen LogP contribution in [-0.2, 0) is 19.2 Å². The van der Waals surface area contributed by atoms with Crippen LogP contribution in [0.25, 0.3) is 21.8 Å². The number of hydrogen-bond acceptors (Lipinski definition) is 9. The monoisotopic (exact) mass is 980 g/mol. The Labute approximate surface area is 410 Å². The molecular weight excluding hydrogens is 924 g/mol. The number of hydrogen-bond donors (Lipinski definition) is 6. The average molecular weight is 982 g/mol. The molecule has 17 nitrogen and oxygen atoms in total. The zero-order valence-electron chi connectivity index (χ0n) is 39.0. The smallest absolute Gasteiger partial charge is 0.271 e. The molecule has 3 aliphatic heterocycles. The van der Waals surface area contributed by atoms with E-state index in [1.54, 1.807) is 41.2 Å². The van der Waals surface area contributed by atoms with Crippen LogP contribution in [-0.4, -0.2) is 113 Å². The lowest BCUT2D eigenvalue weighted by atomic mass is 9.67. The fourth-order valence-electron chi connectivity index (χ4n) is 10.8. The Balaban J connectivity index is 0.934. The highest BCUT2D eigenvalue weighted by molar-refractivity contribution is 6.45. The van der Waals surface area contributed by atoms with E-state index in [-0.39, 0.29) is 59.7 Å². The molecule has 1 spiro atoms. The maximum atomic E-state index is 14.3. The molecule has 2 aromatic carbocycles. The number of nitriles is 2. The molecule has 6 atom stereocenters. The first-order valence-corrected chi connectivity index (χ1v) is 24.5. The lowest BCUT2D eigenvalue weighted by Crippen LogP contribution is -2.54. The number of H-pyrrole nitrogens is 2. The molecule has 4 aliphatic rings. The molecule has 5 heterocycles. The molecule has 2 aromatic heterocycles. The Hall–Kier alpha value is -6.30. The number of ether oxygens (including phenoxy) is 1. The quantitative estimate of drug-likeness (QED) is 0.0756. The molecule has 19 heteroatoms. The topological polar surface area (TPSA) is 245 Å². The molecule has 3 unspecified atom stereocenters. The van der Waals surface area contributed by atoms with Crippen molar-refractivity contribution in [2.75, 3.05) is 33.3 Å². The lowest BCUT2D eigenvalue weighted by Gasteiger charge is -2.39. The molecule has 1 aliphatic carbocycles. The largest absolute Gasteiger partial charge is 0.496 e. The Kier molecular flexibility index (Phi) is 14.5. The molecule has 8 rings (SSSR count). The minimum Gasteiger partial charge on any atom is -0.496 e. The summed E-state index contributed by atoms with van der Waals surface area (Å²) in [4.78, 5) is 92.6. The summed E-state index contributed by atoms with van der Waals surface area (Å²) >= 11 is 12.6. The summed E-state index contributed by atoms with van der Waals surface area (Å²) in [7, 11) is 1.57. The second-order valence-electron chi connectivity index (χ2n) is 20.1. The Bertz CT molecular complexity index is 2750. The second-order valence-corrected chi connectivity index (χ2v) is 20.9. The highest BCUT2D eigenvalue weighted by atomic mass is 35.5. The number of aromatic amines is 2. The molecule has 4 aromatic rings. The molecule has 69 heavy (non-hydrogen) atoms. The van der Waals surface area contributed by atoms with Crippen molar-refractivity contribution in [1.82, 2.24) is 41.0 Å². The Morgan fingerprint density at radius 1 is 0.928 bits per heavy atom. The van der Waals surface area contributed by atoms with E-state index in [9.17, 15) is 39.3 Å². The third kappa shape index (κ3) is 10.6. The number of nitrogens with one attached hydrogen (secondary N) is 6. The van der Waals surface area contributed by atoms with E-state index in [0.29, 0.717) is 72.7 Å². The standard InChI is InChI=1S/C50H58Cl2N10O7/c1-49(2,22-38(45(65)56-31(24-53)18-29-8-5-16-55-43(29)63)60-44(64)36-20-28-12-13-34(51)41(52)42(28)59-36)26-61-17-6-9-30(47(61)67)19-32(25-54)57-46(66)39-23-50(14-7-15-50)27-62(39)48(68)37-21-33-35(58-37)10-4-11-40(33)69-3/h4,10-13,20-21,29-32,38-39,58-59H,5-9,14-19,22-23,26-27H2,1-3H3,(H,55,63)(H,56,65)(H,57,66)(H,60,64)/t29-,30?,31-,32?,38-,39?/m0/s1. The zero-order valence-corrected chi connectivity index (χ0v) is 40.5. The highest BCUT2D eigenvalue weighted by Gasteiger charge is 2.52. The molecule has 6 amide bonds. The van der Waals surface area contributed by atoms with Crippen molar-refractivity contribution < 1.29 is 33.5 Å². The van der Waals surface area contributed by atoms with Crippen LogP contribution in [0.3, 0.4) is 0 Å². The maximum absolute atomic E-state index is 14.3. The number of rotatable bonds is 16. The first kappa shape index (κ1) is 49.1. The van der Waals surface area contributed by atoms with E-state index in [4.69, 9.17) is 27.9 Å². The fraction of sp³-hybridized carbons (Fsp3) is 0.520. The lowest BCUT2D eigenvalue weighted by molar-refractivity contribution is -0.141. The summed E-state index contributed by atoms with van der Waals surface area (Å²) in [5, 5.41) is 33.7. The van der Waals surface area contributed by atoms with Crippen LogP contribution in [0.5, 0.6) is 5.75 Å². The fourth-order valence-corrected chi connectivity index (χ4v) is 11.2. The van der Waals surface area contributed by atoms with E-state index in [0.717, 1.165) is 36.6 Å². The van der Waals surface area contributed by atoms with Gasteiger partial charge in [-0.15, -0.1) is 0 Å². The van der Waals surface area contributed by atoms with Crippen LogP contribution >= 0.6 is 23.2 Å². The number of likely N-dealkylation sites (tertiary alicyclic amines) is 2. The van der Waals surface area contributed by atoms with Crippen LogP contribution in [0.2, 0.25) is 10.0 Å². The predicted octanol–water partition coefficient (Wildman–Crippen LogP) is 6.13. The highest BCUT2D eigenvalue weighted by Crippen LogP contribution is 2.51. The normalized spacial score (nSPS) is 21.4. The Morgan fingerprint density at radius 3 is 2.38 bits per heavy atom. The van der Waals surface area contributed by atoms with Crippen LogP contribution in [0.1, 0.15) is 105 Å². The number of halogens is 2. The van der Waals surface area contributed by atoms with E-state index in [1.807, 2.05) is 32.0 Å². The van der Waals surface area contributed by atoms with Crippen molar-refractivity contribution in [1.29, 1.82) is 10.5 Å². The molecule has 364 valence electrons. The number of methoxy groups -OCH3 is 1. The van der Waals surface area contributed by atoms with E-state index in [2.05, 4.69) is 43.4 Å². The molecule has 6 N–H and O–H groups in total. The molecule has 0 radical (unpaired) electrons. The number of aromatic nitrogens is 2. The summed E-state index contributed by atoms with van der Waals surface area (Å²) in [6.45, 7) is 5.35. The van der Waals surface area contributed by atoms with Crippen molar-refractivity contribution in [3.05, 3.63) is 63.9 Å². The van der Waals surface area contributed by atoms with Gasteiger partial charge in [0.05, 0.1) is 34.8 Å². The van der Waals surface area contributed by atoms with Crippen LogP contribution < -0.4 is 26.0 Å². The van der Waals surface area contributed by atoms with Crippen molar-refractivity contribution in [3.63, 3.8) is 0 Å². The summed E-state index contributed by atoms with van der Waals surface area (Å²) < 4.78 is 5.50. The average Bonchev–Trinajstić information content (AvgIpc) is 4.08. The summed E-state index contributed by atoms with van der Waals surface area (Å²) in [5.74, 6) is -2.77. The van der Waals surface area contributed by atoms with Gasteiger partial charge in [0, 0.05) is 54.3 Å². The van der Waals surface area contributed by atoms with Crippen LogP contribution in [0, 0.1) is 45.3 Å². The van der Waals surface area contributed by atoms with E-state index >= 15 is 0 Å². The Morgan fingerprint density at radius 2 is 1.67 bits per heavy atom. The van der Waals surface area contributed by atoms with Gasteiger partial charge in [0.2, 0.25) is 23.6 Å². The first-order valence-electron chi connectivity index (χ1n) is 23.7. The third-order valence-electron chi connectivity index (χ3n) is 14.5. The predicted molar refractivity (Wildman–Crippen MR) is 258 cm³/mol. The van der Waals surface area contributed by atoms with Gasteiger partial charge in [0.25, 0.3) is 11.8 Å². The summed E-state index contributed by atoms with van der Waals surface area (Å²) in [6.07, 6.45) is 5.99. The van der Waals surface area contributed by atoms with Gasteiger partial charge in [-0.1, -0.05) is 55.6 Å². The van der Waals surface area contributed by atoms with Crippen molar-refractivity contribution in [2.24, 2.45) is 22.7 Å². The summed E-state index contributed by atoms with van der Waals surface area (Å²) in [5.41, 5.74) is 0.694. The van der Waals surface area contributed by atoms with E-state index < -0.39 is 59.1 Å². The van der Waals surface area contributed by atoms with Gasteiger partial charge in [0.15, 0.2) is 0 Å². The number of fused-ring (bicyclic) bond motifs is 2. The van der Waals surface area contributed by atoms with Crippen molar-refractivity contribution in [3.8, 4) is 17.9 Å². The molecule has 3 saturated heterocycles. The minimum absolute atomic E-state index is 0.0505. The van der Waals surface area contributed by atoms with Gasteiger partial charge in [-0.25, -0.2) is 0 Å². The van der Waals surface area contributed by atoms with Crippen molar-refractivity contribution in [2.45, 2.75) is 109 Å². The number of carbonyl (C=O) groups excluding carboxylic acids is 6. The van der Waals surface area contributed by atoms with Gasteiger partial charge in [-0.2, -0.15) is 10.5 Å². The molecular formula is C50H58Cl2N10O7. The number of benzene rings is 2. The number of amides is 6. The van der Waals surface area contributed by atoms with Gasteiger partial charge in [0.1, 0.15) is 41.3 Å². The number of piperidine rings is 2. The summed E-state index contributed by atoms with van der Waals surface area (Å²) in [6, 6.07) is 12.5. The molecule has 1 saturated carbocycles. The number of carbonyl (C=O) groups is 6. The second kappa shape index (κ2) is 20.3. The van der Waals surface area contributed by atoms with Gasteiger partial charge in [-0.3, -0.25) is 28.8 Å².